The smallest absolute Gasteiger partial charge is 0.256 e. The Morgan fingerprint density at radius 1 is 1.16 bits per heavy atom. The summed E-state index contributed by atoms with van der Waals surface area (Å²) in [5, 5.41) is 3.01. The minimum absolute atomic E-state index is 0.0154. The van der Waals surface area contributed by atoms with Gasteiger partial charge < -0.3 is 15.0 Å². The van der Waals surface area contributed by atoms with E-state index in [0.29, 0.717) is 31.5 Å². The van der Waals surface area contributed by atoms with Crippen molar-refractivity contribution in [2.45, 2.75) is 78.6 Å². The van der Waals surface area contributed by atoms with Gasteiger partial charge in [-0.15, -0.1) is 0 Å². The van der Waals surface area contributed by atoms with Crippen LogP contribution in [-0.4, -0.2) is 65.0 Å². The van der Waals surface area contributed by atoms with Crippen molar-refractivity contribution in [3.05, 3.63) is 35.4 Å². The molecule has 1 aromatic rings. The first kappa shape index (κ1) is 24.2. The third kappa shape index (κ3) is 4.82. The highest BCUT2D eigenvalue weighted by Gasteiger charge is 2.54. The van der Waals surface area contributed by atoms with Gasteiger partial charge in [0.25, 0.3) is 5.91 Å². The van der Waals surface area contributed by atoms with E-state index in [4.69, 9.17) is 4.74 Å². The molecule has 7 heteroatoms. The maximum Gasteiger partial charge on any atom is 0.256 e. The Morgan fingerprint density at radius 2 is 1.75 bits per heavy atom. The lowest BCUT2D eigenvalue weighted by molar-refractivity contribution is -0.150. The average Bonchev–Trinajstić information content (AvgIpc) is 3.11. The van der Waals surface area contributed by atoms with Gasteiger partial charge in [-0.1, -0.05) is 45.4 Å². The van der Waals surface area contributed by atoms with Crippen molar-refractivity contribution in [3.8, 4) is 0 Å². The third-order valence-electron chi connectivity index (χ3n) is 6.56. The number of aryl methyl sites for hydroxylation is 1. The van der Waals surface area contributed by atoms with Crippen LogP contribution in [0.2, 0.25) is 0 Å². The Balaban J connectivity index is 1.88. The van der Waals surface area contributed by atoms with E-state index in [1.165, 1.54) is 0 Å². The molecule has 2 heterocycles. The molecule has 32 heavy (non-hydrogen) atoms. The number of piperidine rings is 1. The Labute approximate surface area is 191 Å². The Morgan fingerprint density at radius 3 is 2.28 bits per heavy atom. The van der Waals surface area contributed by atoms with Gasteiger partial charge in [-0.25, -0.2) is 0 Å². The molecule has 1 aromatic carbocycles. The molecule has 3 rings (SSSR count). The fourth-order valence-corrected chi connectivity index (χ4v) is 4.38. The van der Waals surface area contributed by atoms with Crippen LogP contribution in [0.15, 0.2) is 24.3 Å². The molecule has 3 amide bonds. The summed E-state index contributed by atoms with van der Waals surface area (Å²) in [6.45, 7) is 12.8. The van der Waals surface area contributed by atoms with E-state index in [1.807, 2.05) is 58.6 Å². The number of carbonyl (C=O) groups is 3. The molecule has 2 atom stereocenters. The second-order valence-electron chi connectivity index (χ2n) is 10.2. The van der Waals surface area contributed by atoms with Gasteiger partial charge in [-0.2, -0.15) is 0 Å². The number of ether oxygens (including phenoxy) is 1. The molecule has 2 aliphatic rings. The highest BCUT2D eigenvalue weighted by molar-refractivity contribution is 5.98. The van der Waals surface area contributed by atoms with Gasteiger partial charge in [-0.05, 0) is 32.4 Å². The molecule has 0 radical (unpaired) electrons. The zero-order valence-corrected chi connectivity index (χ0v) is 20.2. The quantitative estimate of drug-likeness (QED) is 0.776. The molecule has 2 saturated heterocycles. The minimum Gasteiger partial charge on any atom is -0.353 e. The predicted octanol–water partition coefficient (Wildman–Crippen LogP) is 3.12. The Kier molecular flexibility index (Phi) is 6.98. The van der Waals surface area contributed by atoms with Gasteiger partial charge in [0.05, 0.1) is 6.61 Å². The van der Waals surface area contributed by atoms with Gasteiger partial charge in [-0.3, -0.25) is 19.3 Å². The lowest BCUT2D eigenvalue weighted by atomic mass is 9.91. The van der Waals surface area contributed by atoms with Crippen LogP contribution in [0.25, 0.3) is 0 Å². The number of nitrogens with one attached hydrogen (secondary N) is 1. The van der Waals surface area contributed by atoms with Crippen molar-refractivity contribution in [1.82, 2.24) is 15.1 Å². The van der Waals surface area contributed by atoms with Crippen LogP contribution < -0.4 is 5.32 Å². The molecule has 0 saturated carbocycles. The summed E-state index contributed by atoms with van der Waals surface area (Å²) >= 11 is 0. The molecule has 2 unspecified atom stereocenters. The van der Waals surface area contributed by atoms with Gasteiger partial charge in [0.1, 0.15) is 11.8 Å². The summed E-state index contributed by atoms with van der Waals surface area (Å²) in [7, 11) is 0. The van der Waals surface area contributed by atoms with E-state index in [-0.39, 0.29) is 30.4 Å². The number of hydrogen-bond donors (Lipinski definition) is 1. The van der Waals surface area contributed by atoms with Crippen LogP contribution in [0, 0.1) is 12.3 Å². The lowest BCUT2D eigenvalue weighted by Crippen LogP contribution is -2.60. The number of carbonyl (C=O) groups excluding carboxylic acids is 3. The maximum absolute atomic E-state index is 13.7. The maximum atomic E-state index is 13.7. The van der Waals surface area contributed by atoms with Gasteiger partial charge in [0.15, 0.2) is 0 Å². The Hall–Kier alpha value is -2.41. The summed E-state index contributed by atoms with van der Waals surface area (Å²) < 4.78 is 6.23. The van der Waals surface area contributed by atoms with Crippen LogP contribution in [0.4, 0.5) is 0 Å². The molecule has 7 nitrogen and oxygen atoms in total. The van der Waals surface area contributed by atoms with Crippen molar-refractivity contribution in [2.24, 2.45) is 5.41 Å². The molecule has 176 valence electrons. The average molecular weight is 444 g/mol. The van der Waals surface area contributed by atoms with Gasteiger partial charge >= 0.3 is 0 Å². The second-order valence-corrected chi connectivity index (χ2v) is 10.2. The van der Waals surface area contributed by atoms with Crippen molar-refractivity contribution >= 4 is 17.7 Å². The van der Waals surface area contributed by atoms with Crippen LogP contribution in [0.1, 0.15) is 69.8 Å². The largest absolute Gasteiger partial charge is 0.353 e. The van der Waals surface area contributed by atoms with Crippen LogP contribution in [0.3, 0.4) is 0 Å². The van der Waals surface area contributed by atoms with Crippen LogP contribution in [0.5, 0.6) is 0 Å². The molecular formula is C25H37N3O4. The highest BCUT2D eigenvalue weighted by Crippen LogP contribution is 2.39. The van der Waals surface area contributed by atoms with Crippen LogP contribution in [-0.2, 0) is 14.3 Å². The minimum atomic E-state index is -0.881. The van der Waals surface area contributed by atoms with E-state index in [2.05, 4.69) is 5.32 Å². The SMILES string of the molecule is CCC(C)NC(=O)C1COC2(CCN(C(=O)C(C)(C)C)CC2)N1C(=O)c1ccc(C)cc1. The molecule has 0 bridgehead atoms. The zero-order valence-electron chi connectivity index (χ0n) is 20.2. The first-order valence-electron chi connectivity index (χ1n) is 11.6. The van der Waals surface area contributed by atoms with Crippen molar-refractivity contribution in [2.75, 3.05) is 19.7 Å². The summed E-state index contributed by atoms with van der Waals surface area (Å²) in [4.78, 5) is 43.0. The second kappa shape index (κ2) is 9.22. The summed E-state index contributed by atoms with van der Waals surface area (Å²) in [6.07, 6.45) is 1.78. The molecule has 1 N–H and O–H groups in total. The first-order valence-corrected chi connectivity index (χ1v) is 11.6. The molecule has 0 aliphatic carbocycles. The normalized spacial score (nSPS) is 21.5. The number of likely N-dealkylation sites (tertiary alicyclic amines) is 1. The van der Waals surface area contributed by atoms with Gasteiger partial charge in [0.2, 0.25) is 11.8 Å². The number of nitrogens with zero attached hydrogens (tertiary/aromatic N) is 2. The van der Waals surface area contributed by atoms with Crippen LogP contribution >= 0.6 is 0 Å². The predicted molar refractivity (Wildman–Crippen MR) is 123 cm³/mol. The van der Waals surface area contributed by atoms with E-state index in [0.717, 1.165) is 12.0 Å². The zero-order chi connectivity index (χ0) is 23.7. The van der Waals surface area contributed by atoms with E-state index in [1.54, 1.807) is 17.0 Å². The molecule has 1 spiro atoms. The van der Waals surface area contributed by atoms with E-state index in [9.17, 15) is 14.4 Å². The van der Waals surface area contributed by atoms with Gasteiger partial charge in [0, 0.05) is 43.0 Å². The number of benzene rings is 1. The summed E-state index contributed by atoms with van der Waals surface area (Å²) in [5.74, 6) is -0.305. The fourth-order valence-electron chi connectivity index (χ4n) is 4.38. The molecule has 2 aliphatic heterocycles. The van der Waals surface area contributed by atoms with E-state index < -0.39 is 17.2 Å². The van der Waals surface area contributed by atoms with Crippen molar-refractivity contribution in [3.63, 3.8) is 0 Å². The molecule has 2 fully saturated rings. The summed E-state index contributed by atoms with van der Waals surface area (Å²) in [6, 6.07) is 6.71. The lowest BCUT2D eigenvalue weighted by Gasteiger charge is -2.45. The topological polar surface area (TPSA) is 79.0 Å². The third-order valence-corrected chi connectivity index (χ3v) is 6.56. The number of rotatable bonds is 4. The van der Waals surface area contributed by atoms with Crippen molar-refractivity contribution < 1.29 is 19.1 Å². The number of hydrogen-bond acceptors (Lipinski definition) is 4. The summed E-state index contributed by atoms with van der Waals surface area (Å²) in [5.41, 5.74) is 0.259. The monoisotopic (exact) mass is 443 g/mol. The standard InChI is InChI=1S/C25H37N3O4/c1-7-18(3)26-21(29)20-16-32-25(12-14-27(15-13-25)23(31)24(4,5)6)28(20)22(30)19-10-8-17(2)9-11-19/h8-11,18,20H,7,12-16H2,1-6H3,(H,26,29). The number of amides is 3. The van der Waals surface area contributed by atoms with Crippen molar-refractivity contribution in [1.29, 1.82) is 0 Å². The Bertz CT molecular complexity index is 851. The van der Waals surface area contributed by atoms with E-state index >= 15 is 0 Å². The fraction of sp³-hybridized carbons (Fsp3) is 0.640. The first-order chi connectivity index (χ1) is 15.0. The highest BCUT2D eigenvalue weighted by atomic mass is 16.5. The molecule has 0 aromatic heterocycles. The molecular weight excluding hydrogens is 406 g/mol.